The molecule has 0 aromatic heterocycles. The van der Waals surface area contributed by atoms with Gasteiger partial charge >= 0.3 is 11.9 Å². The molecule has 14 heavy (non-hydrogen) atoms. The fourth-order valence-corrected chi connectivity index (χ4v) is 1.74. The summed E-state index contributed by atoms with van der Waals surface area (Å²) >= 11 is 0. The molecule has 0 aliphatic carbocycles. The van der Waals surface area contributed by atoms with Gasteiger partial charge < -0.3 is 15.9 Å². The highest BCUT2D eigenvalue weighted by atomic mass is 16.4. The van der Waals surface area contributed by atoms with E-state index < -0.39 is 23.5 Å². The number of hydrogen-bond acceptors (Lipinski definition) is 4. The van der Waals surface area contributed by atoms with Gasteiger partial charge in [-0.25, -0.2) is 0 Å². The number of carbonyl (C=O) groups is 2. The molecule has 1 aliphatic rings. The van der Waals surface area contributed by atoms with Gasteiger partial charge in [-0.1, -0.05) is 6.92 Å². The van der Waals surface area contributed by atoms with Crippen LogP contribution in [0.1, 0.15) is 13.3 Å². The molecule has 0 aromatic carbocycles. The average molecular weight is 202 g/mol. The Bertz CT molecular complexity index is 268. The summed E-state index contributed by atoms with van der Waals surface area (Å²) in [4.78, 5) is 23.2. The van der Waals surface area contributed by atoms with Crippen molar-refractivity contribution in [3.05, 3.63) is 0 Å². The van der Waals surface area contributed by atoms with E-state index in [1.165, 1.54) is 0 Å². The summed E-state index contributed by atoms with van der Waals surface area (Å²) in [5, 5.41) is 17.7. The molecule has 0 radical (unpaired) electrons. The van der Waals surface area contributed by atoms with Crippen LogP contribution in [0.5, 0.6) is 0 Å². The van der Waals surface area contributed by atoms with Gasteiger partial charge in [0.2, 0.25) is 0 Å². The van der Waals surface area contributed by atoms with Crippen molar-refractivity contribution in [2.75, 3.05) is 13.1 Å². The van der Waals surface area contributed by atoms with Crippen molar-refractivity contribution in [2.45, 2.75) is 24.9 Å². The third-order valence-electron chi connectivity index (χ3n) is 2.60. The van der Waals surface area contributed by atoms with Gasteiger partial charge in [0.1, 0.15) is 11.6 Å². The van der Waals surface area contributed by atoms with Crippen molar-refractivity contribution in [1.82, 2.24) is 4.90 Å². The molecule has 0 saturated carbocycles. The molecule has 80 valence electrons. The molecular formula is C8H14N2O4. The van der Waals surface area contributed by atoms with Gasteiger partial charge in [-0.3, -0.25) is 14.5 Å². The minimum absolute atomic E-state index is 0.0362. The molecule has 1 saturated heterocycles. The maximum absolute atomic E-state index is 10.8. The lowest BCUT2D eigenvalue weighted by molar-refractivity contribution is -0.142. The normalized spacial score (nSPS) is 33.1. The van der Waals surface area contributed by atoms with E-state index in [4.69, 9.17) is 15.9 Å². The Morgan fingerprint density at radius 1 is 1.57 bits per heavy atom. The van der Waals surface area contributed by atoms with E-state index in [9.17, 15) is 9.59 Å². The molecule has 4 N–H and O–H groups in total. The van der Waals surface area contributed by atoms with Gasteiger partial charge in [0, 0.05) is 13.0 Å². The van der Waals surface area contributed by atoms with E-state index in [0.29, 0.717) is 6.54 Å². The number of nitrogens with zero attached hydrogens (tertiary/aromatic N) is 1. The van der Waals surface area contributed by atoms with Crippen molar-refractivity contribution < 1.29 is 19.8 Å². The van der Waals surface area contributed by atoms with Gasteiger partial charge in [0.05, 0.1) is 0 Å². The summed E-state index contributed by atoms with van der Waals surface area (Å²) in [6, 6.07) is -0.777. The van der Waals surface area contributed by atoms with Crippen molar-refractivity contribution in [3.63, 3.8) is 0 Å². The predicted molar refractivity (Wildman–Crippen MR) is 47.8 cm³/mol. The second-order valence-corrected chi connectivity index (χ2v) is 3.58. The van der Waals surface area contributed by atoms with Crippen LogP contribution in [0.15, 0.2) is 0 Å². The Kier molecular flexibility index (Phi) is 2.77. The standard InChI is InChI=1S/C8H14N2O4/c1-2-10-4-8(9,7(13)14)3-5(10)6(11)12/h5H,2-4,9H2,1H3,(H,11,12)(H,13,14)/t5-,8?/m1/s1. The van der Waals surface area contributed by atoms with Crippen molar-refractivity contribution in [2.24, 2.45) is 5.73 Å². The zero-order chi connectivity index (χ0) is 10.9. The molecule has 1 fully saturated rings. The molecular weight excluding hydrogens is 188 g/mol. The molecule has 6 heteroatoms. The number of likely N-dealkylation sites (N-methyl/N-ethyl adjacent to an activating group) is 1. The first-order valence-corrected chi connectivity index (χ1v) is 4.40. The van der Waals surface area contributed by atoms with E-state index in [1.807, 2.05) is 0 Å². The van der Waals surface area contributed by atoms with E-state index in [0.717, 1.165) is 0 Å². The Hall–Kier alpha value is -1.14. The van der Waals surface area contributed by atoms with Gasteiger partial charge in [0.15, 0.2) is 0 Å². The van der Waals surface area contributed by atoms with Gasteiger partial charge in [-0.05, 0) is 6.54 Å². The van der Waals surface area contributed by atoms with Crippen LogP contribution in [-0.4, -0.2) is 51.7 Å². The number of nitrogens with two attached hydrogens (primary N) is 1. The van der Waals surface area contributed by atoms with Crippen LogP contribution in [0.4, 0.5) is 0 Å². The molecule has 1 unspecified atom stereocenters. The lowest BCUT2D eigenvalue weighted by Crippen LogP contribution is -2.50. The lowest BCUT2D eigenvalue weighted by atomic mass is 9.98. The lowest BCUT2D eigenvalue weighted by Gasteiger charge is -2.19. The van der Waals surface area contributed by atoms with Crippen LogP contribution >= 0.6 is 0 Å². The molecule has 1 heterocycles. The Labute approximate surface area is 81.3 Å². The summed E-state index contributed by atoms with van der Waals surface area (Å²) in [7, 11) is 0. The van der Waals surface area contributed by atoms with Crippen LogP contribution < -0.4 is 5.73 Å². The number of rotatable bonds is 3. The van der Waals surface area contributed by atoms with Crippen LogP contribution in [0.25, 0.3) is 0 Å². The number of carboxylic acid groups (broad SMARTS) is 2. The fraction of sp³-hybridized carbons (Fsp3) is 0.750. The monoisotopic (exact) mass is 202 g/mol. The first-order chi connectivity index (χ1) is 6.40. The van der Waals surface area contributed by atoms with E-state index >= 15 is 0 Å². The molecule has 1 aliphatic heterocycles. The maximum atomic E-state index is 10.8. The quantitative estimate of drug-likeness (QED) is 0.539. The van der Waals surface area contributed by atoms with Gasteiger partial charge in [-0.2, -0.15) is 0 Å². The molecule has 2 atom stereocenters. The zero-order valence-electron chi connectivity index (χ0n) is 7.93. The number of aliphatic carboxylic acids is 2. The second-order valence-electron chi connectivity index (χ2n) is 3.58. The fourth-order valence-electron chi connectivity index (χ4n) is 1.74. The Morgan fingerprint density at radius 2 is 2.14 bits per heavy atom. The number of likely N-dealkylation sites (tertiary alicyclic amines) is 1. The molecule has 0 spiro atoms. The minimum atomic E-state index is -1.42. The summed E-state index contributed by atoms with van der Waals surface area (Å²) < 4.78 is 0. The summed E-state index contributed by atoms with van der Waals surface area (Å²) in [5.41, 5.74) is 4.17. The third kappa shape index (κ3) is 1.71. The van der Waals surface area contributed by atoms with Gasteiger partial charge in [0.25, 0.3) is 0 Å². The third-order valence-corrected chi connectivity index (χ3v) is 2.60. The Morgan fingerprint density at radius 3 is 2.43 bits per heavy atom. The predicted octanol–water partition coefficient (Wildman–Crippen LogP) is -1.05. The SMILES string of the molecule is CCN1CC(N)(C(=O)O)C[C@@H]1C(=O)O. The smallest absolute Gasteiger partial charge is 0.325 e. The first-order valence-electron chi connectivity index (χ1n) is 4.40. The van der Waals surface area contributed by atoms with Crippen LogP contribution in [0, 0.1) is 0 Å². The number of carboxylic acids is 2. The van der Waals surface area contributed by atoms with Gasteiger partial charge in [-0.15, -0.1) is 0 Å². The highest BCUT2D eigenvalue weighted by Gasteiger charge is 2.48. The average Bonchev–Trinajstić information content (AvgIpc) is 2.44. The summed E-state index contributed by atoms with van der Waals surface area (Å²) in [6.07, 6.45) is -0.0362. The minimum Gasteiger partial charge on any atom is -0.480 e. The van der Waals surface area contributed by atoms with Crippen molar-refractivity contribution in [3.8, 4) is 0 Å². The second kappa shape index (κ2) is 3.55. The van der Waals surface area contributed by atoms with Crippen molar-refractivity contribution in [1.29, 1.82) is 0 Å². The maximum Gasteiger partial charge on any atom is 0.325 e. The largest absolute Gasteiger partial charge is 0.480 e. The Balaban J connectivity index is 2.84. The molecule has 6 nitrogen and oxygen atoms in total. The topological polar surface area (TPSA) is 104 Å². The van der Waals surface area contributed by atoms with E-state index in [1.54, 1.807) is 11.8 Å². The van der Waals surface area contributed by atoms with Crippen LogP contribution in [0.3, 0.4) is 0 Å². The highest BCUT2D eigenvalue weighted by Crippen LogP contribution is 2.25. The van der Waals surface area contributed by atoms with Crippen LogP contribution in [-0.2, 0) is 9.59 Å². The summed E-state index contributed by atoms with van der Waals surface area (Å²) in [5.74, 6) is -2.15. The zero-order valence-corrected chi connectivity index (χ0v) is 7.93. The van der Waals surface area contributed by atoms with E-state index in [-0.39, 0.29) is 13.0 Å². The molecule has 0 bridgehead atoms. The number of hydrogen-bond donors (Lipinski definition) is 3. The summed E-state index contributed by atoms with van der Waals surface area (Å²) in [6.45, 7) is 2.36. The van der Waals surface area contributed by atoms with Crippen molar-refractivity contribution >= 4 is 11.9 Å². The molecule has 0 aromatic rings. The van der Waals surface area contributed by atoms with Crippen LogP contribution in [0.2, 0.25) is 0 Å². The molecule has 1 rings (SSSR count). The first kappa shape index (κ1) is 10.9. The highest BCUT2D eigenvalue weighted by molar-refractivity contribution is 5.83. The molecule has 0 amide bonds. The van der Waals surface area contributed by atoms with E-state index in [2.05, 4.69) is 0 Å².